The van der Waals surface area contributed by atoms with E-state index < -0.39 is 0 Å². The number of benzene rings is 1. The molecular weight excluding hydrogens is 230 g/mol. The summed E-state index contributed by atoms with van der Waals surface area (Å²) in [5, 5.41) is 0.869. The third kappa shape index (κ3) is 3.23. The lowest BCUT2D eigenvalue weighted by Gasteiger charge is -2.37. The lowest BCUT2D eigenvalue weighted by molar-refractivity contribution is 0.235. The molecule has 2 heteroatoms. The molecule has 0 saturated heterocycles. The van der Waals surface area contributed by atoms with E-state index in [1.165, 1.54) is 24.0 Å². The van der Waals surface area contributed by atoms with Gasteiger partial charge in [-0.1, -0.05) is 43.5 Å². The van der Waals surface area contributed by atoms with E-state index in [0.717, 1.165) is 30.2 Å². The van der Waals surface area contributed by atoms with Gasteiger partial charge in [0.25, 0.3) is 0 Å². The highest BCUT2D eigenvalue weighted by Crippen LogP contribution is 2.34. The van der Waals surface area contributed by atoms with E-state index in [4.69, 9.17) is 17.3 Å². The zero-order chi connectivity index (χ0) is 12.5. The normalized spacial score (nSPS) is 29.3. The Balaban J connectivity index is 2.14. The lowest BCUT2D eigenvalue weighted by Crippen LogP contribution is -2.45. The molecule has 1 aliphatic rings. The summed E-state index contributed by atoms with van der Waals surface area (Å²) >= 11 is 6.29. The molecule has 1 fully saturated rings. The van der Waals surface area contributed by atoms with Crippen molar-refractivity contribution in [1.82, 2.24) is 0 Å². The van der Waals surface area contributed by atoms with E-state index in [9.17, 15) is 0 Å². The second kappa shape index (κ2) is 4.99. The summed E-state index contributed by atoms with van der Waals surface area (Å²) in [5.41, 5.74) is 8.90. The average molecular weight is 252 g/mol. The van der Waals surface area contributed by atoms with Gasteiger partial charge in [0.1, 0.15) is 0 Å². The number of hydrogen-bond acceptors (Lipinski definition) is 1. The van der Waals surface area contributed by atoms with Crippen LogP contribution in [0.5, 0.6) is 0 Å². The van der Waals surface area contributed by atoms with Gasteiger partial charge in [-0.2, -0.15) is 0 Å². The lowest BCUT2D eigenvalue weighted by atomic mass is 9.74. The highest BCUT2D eigenvalue weighted by Gasteiger charge is 2.31. The molecule has 0 amide bonds. The van der Waals surface area contributed by atoms with Crippen molar-refractivity contribution in [2.75, 3.05) is 0 Å². The summed E-state index contributed by atoms with van der Waals surface area (Å²) in [4.78, 5) is 0. The van der Waals surface area contributed by atoms with E-state index in [1.807, 2.05) is 6.07 Å². The maximum absolute atomic E-state index is 6.53. The first kappa shape index (κ1) is 12.9. The first-order chi connectivity index (χ1) is 7.98. The Bertz CT molecular complexity index is 402. The van der Waals surface area contributed by atoms with Crippen LogP contribution in [0.2, 0.25) is 5.02 Å². The van der Waals surface area contributed by atoms with Crippen LogP contribution in [0.25, 0.3) is 0 Å². The molecule has 1 saturated carbocycles. The molecule has 0 aromatic heterocycles. The average Bonchev–Trinajstić information content (AvgIpc) is 2.22. The SMILES string of the molecule is Cc1ccc(CC2(N)CCCC(C)C2)c(Cl)c1. The van der Waals surface area contributed by atoms with Crippen molar-refractivity contribution in [2.45, 2.75) is 51.5 Å². The van der Waals surface area contributed by atoms with Crippen molar-refractivity contribution in [3.05, 3.63) is 34.3 Å². The van der Waals surface area contributed by atoms with Crippen molar-refractivity contribution in [3.8, 4) is 0 Å². The molecule has 1 aromatic rings. The maximum atomic E-state index is 6.53. The molecule has 1 aliphatic carbocycles. The molecule has 0 spiro atoms. The minimum absolute atomic E-state index is 0.0451. The Kier molecular flexibility index (Phi) is 3.79. The van der Waals surface area contributed by atoms with E-state index in [-0.39, 0.29) is 5.54 Å². The number of hydrogen-bond donors (Lipinski definition) is 1. The zero-order valence-electron chi connectivity index (χ0n) is 10.8. The van der Waals surface area contributed by atoms with Gasteiger partial charge in [0, 0.05) is 10.6 Å². The van der Waals surface area contributed by atoms with Crippen LogP contribution in [0.15, 0.2) is 18.2 Å². The third-order valence-electron chi connectivity index (χ3n) is 3.88. The van der Waals surface area contributed by atoms with Crippen LogP contribution in [0.1, 0.15) is 43.7 Å². The van der Waals surface area contributed by atoms with Crippen LogP contribution in [0.4, 0.5) is 0 Å². The van der Waals surface area contributed by atoms with Gasteiger partial charge in [-0.3, -0.25) is 0 Å². The molecular formula is C15H22ClN. The highest BCUT2D eigenvalue weighted by molar-refractivity contribution is 6.31. The van der Waals surface area contributed by atoms with E-state index in [1.54, 1.807) is 0 Å². The summed E-state index contributed by atoms with van der Waals surface area (Å²) in [7, 11) is 0. The number of aryl methyl sites for hydroxylation is 1. The van der Waals surface area contributed by atoms with Crippen molar-refractivity contribution < 1.29 is 0 Å². The van der Waals surface area contributed by atoms with Gasteiger partial charge in [-0.25, -0.2) is 0 Å². The Morgan fingerprint density at radius 1 is 1.47 bits per heavy atom. The minimum Gasteiger partial charge on any atom is -0.325 e. The fourth-order valence-electron chi connectivity index (χ4n) is 3.04. The van der Waals surface area contributed by atoms with Gasteiger partial charge in [0.15, 0.2) is 0 Å². The van der Waals surface area contributed by atoms with Crippen LogP contribution in [-0.4, -0.2) is 5.54 Å². The van der Waals surface area contributed by atoms with Gasteiger partial charge >= 0.3 is 0 Å². The fourth-order valence-corrected chi connectivity index (χ4v) is 3.34. The van der Waals surface area contributed by atoms with Crippen LogP contribution in [0.3, 0.4) is 0 Å². The molecule has 1 nitrogen and oxygen atoms in total. The molecule has 0 bridgehead atoms. The molecule has 0 aliphatic heterocycles. The molecule has 17 heavy (non-hydrogen) atoms. The van der Waals surface area contributed by atoms with Crippen LogP contribution in [0, 0.1) is 12.8 Å². The summed E-state index contributed by atoms with van der Waals surface area (Å²) in [5.74, 6) is 0.748. The maximum Gasteiger partial charge on any atom is 0.0441 e. The molecule has 2 rings (SSSR count). The number of halogens is 1. The topological polar surface area (TPSA) is 26.0 Å². The quantitative estimate of drug-likeness (QED) is 0.842. The van der Waals surface area contributed by atoms with Crippen LogP contribution < -0.4 is 5.73 Å². The third-order valence-corrected chi connectivity index (χ3v) is 4.23. The summed E-state index contributed by atoms with van der Waals surface area (Å²) in [6.07, 6.45) is 5.73. The summed E-state index contributed by atoms with van der Waals surface area (Å²) < 4.78 is 0. The predicted molar refractivity (Wildman–Crippen MR) is 74.4 cm³/mol. The second-order valence-corrected chi connectivity index (χ2v) is 6.24. The van der Waals surface area contributed by atoms with Gasteiger partial charge in [0.05, 0.1) is 0 Å². The zero-order valence-corrected chi connectivity index (χ0v) is 11.6. The van der Waals surface area contributed by atoms with Gasteiger partial charge < -0.3 is 5.73 Å². The standard InChI is InChI=1S/C15H22ClN/c1-11-5-6-13(14(16)8-11)10-15(17)7-3-4-12(2)9-15/h5-6,8,12H,3-4,7,9-10,17H2,1-2H3. The largest absolute Gasteiger partial charge is 0.325 e. The minimum atomic E-state index is -0.0451. The molecule has 0 radical (unpaired) electrons. The Labute approximate surface area is 109 Å². The molecule has 0 heterocycles. The molecule has 2 atom stereocenters. The number of nitrogens with two attached hydrogens (primary N) is 1. The smallest absolute Gasteiger partial charge is 0.0441 e. The molecule has 2 N–H and O–H groups in total. The molecule has 94 valence electrons. The monoisotopic (exact) mass is 251 g/mol. The fraction of sp³-hybridized carbons (Fsp3) is 0.600. The van der Waals surface area contributed by atoms with Gasteiger partial charge in [0.2, 0.25) is 0 Å². The van der Waals surface area contributed by atoms with Gasteiger partial charge in [-0.15, -0.1) is 0 Å². The van der Waals surface area contributed by atoms with E-state index in [0.29, 0.717) is 0 Å². The summed E-state index contributed by atoms with van der Waals surface area (Å²) in [6.45, 7) is 4.37. The van der Waals surface area contributed by atoms with Crippen LogP contribution >= 0.6 is 11.6 Å². The number of rotatable bonds is 2. The van der Waals surface area contributed by atoms with E-state index >= 15 is 0 Å². The van der Waals surface area contributed by atoms with Crippen LogP contribution in [-0.2, 0) is 6.42 Å². The summed E-state index contributed by atoms with van der Waals surface area (Å²) in [6, 6.07) is 6.29. The Morgan fingerprint density at radius 3 is 2.88 bits per heavy atom. The molecule has 1 aromatic carbocycles. The predicted octanol–water partition coefficient (Wildman–Crippen LogP) is 4.10. The second-order valence-electron chi connectivity index (χ2n) is 5.84. The Hall–Kier alpha value is -0.530. The Morgan fingerprint density at radius 2 is 2.24 bits per heavy atom. The van der Waals surface area contributed by atoms with Crippen molar-refractivity contribution >= 4 is 11.6 Å². The van der Waals surface area contributed by atoms with Gasteiger partial charge in [-0.05, 0) is 49.3 Å². The highest BCUT2D eigenvalue weighted by atomic mass is 35.5. The molecule has 2 unspecified atom stereocenters. The van der Waals surface area contributed by atoms with E-state index in [2.05, 4.69) is 26.0 Å². The first-order valence-corrected chi connectivity index (χ1v) is 6.90. The van der Waals surface area contributed by atoms with Crippen molar-refractivity contribution in [1.29, 1.82) is 0 Å². The van der Waals surface area contributed by atoms with Crippen molar-refractivity contribution in [3.63, 3.8) is 0 Å². The van der Waals surface area contributed by atoms with Crippen molar-refractivity contribution in [2.24, 2.45) is 11.7 Å². The first-order valence-electron chi connectivity index (χ1n) is 6.52.